The third-order valence-corrected chi connectivity index (χ3v) is 3.25. The molecule has 1 aromatic heterocycles. The lowest BCUT2D eigenvalue weighted by molar-refractivity contribution is 0.0763. The molecule has 1 amide bonds. The van der Waals surface area contributed by atoms with E-state index in [4.69, 9.17) is 0 Å². The van der Waals surface area contributed by atoms with Gasteiger partial charge in [0.2, 0.25) is 0 Å². The minimum absolute atomic E-state index is 0.104. The van der Waals surface area contributed by atoms with Gasteiger partial charge in [-0.25, -0.2) is 0 Å². The van der Waals surface area contributed by atoms with Crippen molar-refractivity contribution in [3.05, 3.63) is 17.5 Å². The molecule has 0 unspecified atom stereocenters. The van der Waals surface area contributed by atoms with Gasteiger partial charge in [-0.15, -0.1) is 0 Å². The zero-order chi connectivity index (χ0) is 13.5. The maximum Gasteiger partial charge on any atom is 0.257 e. The molecule has 1 heterocycles. The molecule has 0 bridgehead atoms. The zero-order valence-electron chi connectivity index (χ0n) is 11.4. The number of unbranched alkanes of at least 4 members (excludes halogenated alkanes) is 1. The highest BCUT2D eigenvalue weighted by Crippen LogP contribution is 2.12. The van der Waals surface area contributed by atoms with Crippen LogP contribution in [0.2, 0.25) is 0 Å². The summed E-state index contributed by atoms with van der Waals surface area (Å²) in [7, 11) is 1.86. The molecule has 0 fully saturated rings. The van der Waals surface area contributed by atoms with Crippen LogP contribution in [-0.4, -0.2) is 39.0 Å². The molecule has 5 heteroatoms. The average molecular weight is 316 g/mol. The molecule has 0 aliphatic rings. The van der Waals surface area contributed by atoms with Gasteiger partial charge in [0.1, 0.15) is 0 Å². The summed E-state index contributed by atoms with van der Waals surface area (Å²) in [6, 6.07) is 0. The molecule has 0 spiro atoms. The molecule has 0 atom stereocenters. The van der Waals surface area contributed by atoms with Crippen molar-refractivity contribution >= 4 is 21.8 Å². The van der Waals surface area contributed by atoms with Gasteiger partial charge in [-0.05, 0) is 12.8 Å². The predicted molar refractivity (Wildman–Crippen MR) is 77.2 cm³/mol. The number of aryl methyl sites for hydroxylation is 2. The predicted octanol–water partition coefficient (Wildman–Crippen LogP) is 2.62. The number of alkyl halides is 1. The maximum absolute atomic E-state index is 12.5. The molecule has 0 saturated heterocycles. The van der Waals surface area contributed by atoms with Crippen molar-refractivity contribution in [2.24, 2.45) is 7.05 Å². The van der Waals surface area contributed by atoms with E-state index >= 15 is 0 Å². The Labute approximate surface area is 117 Å². The highest BCUT2D eigenvalue weighted by atomic mass is 79.9. The first-order valence-corrected chi connectivity index (χ1v) is 7.63. The molecule has 4 nitrogen and oxygen atoms in total. The fourth-order valence-electron chi connectivity index (χ4n) is 1.91. The Morgan fingerprint density at radius 1 is 1.44 bits per heavy atom. The molecule has 18 heavy (non-hydrogen) atoms. The first-order chi connectivity index (χ1) is 8.63. The van der Waals surface area contributed by atoms with Gasteiger partial charge in [-0.1, -0.05) is 36.2 Å². The van der Waals surface area contributed by atoms with E-state index in [9.17, 15) is 4.79 Å². The summed E-state index contributed by atoms with van der Waals surface area (Å²) in [4.78, 5) is 14.4. The Morgan fingerprint density at radius 2 is 2.17 bits per heavy atom. The van der Waals surface area contributed by atoms with Crippen LogP contribution < -0.4 is 0 Å². The SMILES string of the molecule is CCCCN(CCBr)C(=O)c1cn(C)nc1CC. The third kappa shape index (κ3) is 3.83. The fourth-order valence-corrected chi connectivity index (χ4v) is 2.34. The number of carbonyl (C=O) groups is 1. The van der Waals surface area contributed by atoms with E-state index in [1.807, 2.05) is 25.1 Å². The van der Waals surface area contributed by atoms with Crippen molar-refractivity contribution in [2.75, 3.05) is 18.4 Å². The Bertz CT molecular complexity index is 390. The van der Waals surface area contributed by atoms with Crippen LogP contribution in [0.4, 0.5) is 0 Å². The summed E-state index contributed by atoms with van der Waals surface area (Å²) in [6.45, 7) is 5.73. The molecule has 1 aromatic rings. The number of aromatic nitrogens is 2. The van der Waals surface area contributed by atoms with Gasteiger partial charge < -0.3 is 4.90 Å². The highest BCUT2D eigenvalue weighted by molar-refractivity contribution is 9.09. The smallest absolute Gasteiger partial charge is 0.257 e. The summed E-state index contributed by atoms with van der Waals surface area (Å²) in [6.07, 6.45) is 4.76. The van der Waals surface area contributed by atoms with E-state index in [-0.39, 0.29) is 5.91 Å². The maximum atomic E-state index is 12.5. The zero-order valence-corrected chi connectivity index (χ0v) is 13.0. The molecule has 0 aliphatic carbocycles. The monoisotopic (exact) mass is 315 g/mol. The van der Waals surface area contributed by atoms with Crippen molar-refractivity contribution in [3.8, 4) is 0 Å². The second-order valence-electron chi connectivity index (χ2n) is 4.35. The quantitative estimate of drug-likeness (QED) is 0.725. The number of rotatable bonds is 7. The second-order valence-corrected chi connectivity index (χ2v) is 5.14. The van der Waals surface area contributed by atoms with Gasteiger partial charge in [-0.2, -0.15) is 5.10 Å². The van der Waals surface area contributed by atoms with E-state index in [0.29, 0.717) is 0 Å². The van der Waals surface area contributed by atoms with Gasteiger partial charge in [0.05, 0.1) is 11.3 Å². The summed E-state index contributed by atoms with van der Waals surface area (Å²) in [5, 5.41) is 5.14. The summed E-state index contributed by atoms with van der Waals surface area (Å²) < 4.78 is 1.72. The Kier molecular flexibility index (Phi) is 6.39. The van der Waals surface area contributed by atoms with Crippen molar-refractivity contribution in [1.29, 1.82) is 0 Å². The molecule has 0 N–H and O–H groups in total. The van der Waals surface area contributed by atoms with Crippen LogP contribution >= 0.6 is 15.9 Å². The van der Waals surface area contributed by atoms with E-state index in [1.165, 1.54) is 0 Å². The lowest BCUT2D eigenvalue weighted by Gasteiger charge is -2.21. The number of halogens is 1. The van der Waals surface area contributed by atoms with Crippen LogP contribution in [-0.2, 0) is 13.5 Å². The molecular weight excluding hydrogens is 294 g/mol. The van der Waals surface area contributed by atoms with Gasteiger partial charge in [0.25, 0.3) is 5.91 Å². The van der Waals surface area contributed by atoms with E-state index in [2.05, 4.69) is 28.0 Å². The molecule has 0 aromatic carbocycles. The lowest BCUT2D eigenvalue weighted by Crippen LogP contribution is -2.34. The topological polar surface area (TPSA) is 38.1 Å². The number of hydrogen-bond donors (Lipinski definition) is 0. The number of hydrogen-bond acceptors (Lipinski definition) is 2. The Hall–Kier alpha value is -0.840. The molecular formula is C13H22BrN3O. The van der Waals surface area contributed by atoms with Crippen LogP contribution in [0, 0.1) is 0 Å². The minimum atomic E-state index is 0.104. The van der Waals surface area contributed by atoms with Crippen LogP contribution in [0.3, 0.4) is 0 Å². The number of carbonyl (C=O) groups excluding carboxylic acids is 1. The summed E-state index contributed by atoms with van der Waals surface area (Å²) >= 11 is 3.41. The van der Waals surface area contributed by atoms with E-state index in [0.717, 1.165) is 48.9 Å². The van der Waals surface area contributed by atoms with Crippen molar-refractivity contribution in [1.82, 2.24) is 14.7 Å². The summed E-state index contributed by atoms with van der Waals surface area (Å²) in [5.74, 6) is 0.104. The Balaban J connectivity index is 2.86. The normalized spacial score (nSPS) is 10.7. The largest absolute Gasteiger partial charge is 0.338 e. The minimum Gasteiger partial charge on any atom is -0.338 e. The molecule has 0 radical (unpaired) electrons. The number of nitrogens with zero attached hydrogens (tertiary/aromatic N) is 3. The average Bonchev–Trinajstić information content (AvgIpc) is 2.75. The van der Waals surface area contributed by atoms with Crippen molar-refractivity contribution in [3.63, 3.8) is 0 Å². The lowest BCUT2D eigenvalue weighted by atomic mass is 10.2. The standard InChI is InChI=1S/C13H22BrN3O/c1-4-6-8-17(9-7-14)13(18)11-10-16(3)15-12(11)5-2/h10H,4-9H2,1-3H3. The van der Waals surface area contributed by atoms with Gasteiger partial charge in [-0.3, -0.25) is 9.48 Å². The highest BCUT2D eigenvalue weighted by Gasteiger charge is 2.19. The van der Waals surface area contributed by atoms with Gasteiger partial charge >= 0.3 is 0 Å². The first kappa shape index (κ1) is 15.2. The first-order valence-electron chi connectivity index (χ1n) is 6.51. The Morgan fingerprint density at radius 3 is 2.72 bits per heavy atom. The van der Waals surface area contributed by atoms with Crippen LogP contribution in [0.5, 0.6) is 0 Å². The van der Waals surface area contributed by atoms with Gasteiger partial charge in [0, 0.05) is 31.7 Å². The van der Waals surface area contributed by atoms with Crippen LogP contribution in [0.25, 0.3) is 0 Å². The van der Waals surface area contributed by atoms with Crippen molar-refractivity contribution < 1.29 is 4.79 Å². The number of amides is 1. The molecule has 102 valence electrons. The van der Waals surface area contributed by atoms with Crippen molar-refractivity contribution in [2.45, 2.75) is 33.1 Å². The fraction of sp³-hybridized carbons (Fsp3) is 0.692. The summed E-state index contributed by atoms with van der Waals surface area (Å²) in [5.41, 5.74) is 1.63. The van der Waals surface area contributed by atoms with Crippen LogP contribution in [0.1, 0.15) is 42.7 Å². The molecule has 0 aliphatic heterocycles. The third-order valence-electron chi connectivity index (χ3n) is 2.89. The second kappa shape index (κ2) is 7.56. The molecule has 0 saturated carbocycles. The van der Waals surface area contributed by atoms with Gasteiger partial charge in [0.15, 0.2) is 0 Å². The van der Waals surface area contributed by atoms with E-state index in [1.54, 1.807) is 4.68 Å². The molecule has 1 rings (SSSR count). The van der Waals surface area contributed by atoms with E-state index < -0.39 is 0 Å². The van der Waals surface area contributed by atoms with Crippen LogP contribution in [0.15, 0.2) is 6.20 Å².